The number of nitrogens with one attached hydrogen (secondary N) is 1. The summed E-state index contributed by atoms with van der Waals surface area (Å²) in [6.07, 6.45) is 1.63. The average molecular weight is 214 g/mol. The van der Waals surface area contributed by atoms with Crippen molar-refractivity contribution in [2.75, 3.05) is 5.32 Å². The van der Waals surface area contributed by atoms with E-state index in [2.05, 4.69) is 21.5 Å². The minimum absolute atomic E-state index is 0.465. The number of anilines is 1. The zero-order valence-electron chi connectivity index (χ0n) is 8.77. The summed E-state index contributed by atoms with van der Waals surface area (Å²) >= 11 is 0. The molecule has 2 heterocycles. The van der Waals surface area contributed by atoms with E-state index in [-0.39, 0.29) is 0 Å². The maximum atomic E-state index is 8.85. The molecule has 0 amide bonds. The van der Waals surface area contributed by atoms with Gasteiger partial charge in [0.2, 0.25) is 0 Å². The summed E-state index contributed by atoms with van der Waals surface area (Å²) in [4.78, 5) is 4.08. The summed E-state index contributed by atoms with van der Waals surface area (Å²) in [5, 5.41) is 15.7. The summed E-state index contributed by atoms with van der Waals surface area (Å²) < 4.78 is 5.04. The van der Waals surface area contributed by atoms with Gasteiger partial charge in [-0.15, -0.1) is 0 Å². The number of aromatic nitrogens is 2. The second-order valence-corrected chi connectivity index (χ2v) is 3.30. The Hall–Kier alpha value is -2.35. The van der Waals surface area contributed by atoms with Gasteiger partial charge in [0.25, 0.3) is 0 Å². The normalized spacial score (nSPS) is 9.75. The van der Waals surface area contributed by atoms with Crippen LogP contribution in [0.25, 0.3) is 0 Å². The lowest BCUT2D eigenvalue weighted by atomic mass is 10.3. The molecule has 5 heteroatoms. The van der Waals surface area contributed by atoms with E-state index in [0.29, 0.717) is 23.7 Å². The van der Waals surface area contributed by atoms with E-state index in [9.17, 15) is 0 Å². The van der Waals surface area contributed by atoms with Gasteiger partial charge in [0.05, 0.1) is 17.8 Å². The Bertz CT molecular complexity index is 527. The highest BCUT2D eigenvalue weighted by molar-refractivity contribution is 5.51. The highest BCUT2D eigenvalue weighted by atomic mass is 16.5. The van der Waals surface area contributed by atoms with Gasteiger partial charge in [-0.25, -0.2) is 4.98 Å². The van der Waals surface area contributed by atoms with Crippen molar-refractivity contribution in [3.05, 3.63) is 41.4 Å². The summed E-state index contributed by atoms with van der Waals surface area (Å²) in [6, 6.07) is 7.33. The van der Waals surface area contributed by atoms with Crippen LogP contribution >= 0.6 is 0 Å². The number of hydrogen-bond donors (Lipinski definition) is 1. The molecule has 0 unspecified atom stereocenters. The van der Waals surface area contributed by atoms with Crippen molar-refractivity contribution >= 4 is 5.82 Å². The number of rotatable bonds is 3. The third-order valence-corrected chi connectivity index (χ3v) is 2.03. The molecule has 0 aliphatic carbocycles. The molecule has 2 aromatic rings. The third-order valence-electron chi connectivity index (χ3n) is 2.03. The van der Waals surface area contributed by atoms with Gasteiger partial charge in [-0.05, 0) is 19.1 Å². The van der Waals surface area contributed by atoms with Gasteiger partial charge in [-0.2, -0.15) is 5.26 Å². The molecule has 0 atom stereocenters. The Balaban J connectivity index is 2.08. The van der Waals surface area contributed by atoms with Gasteiger partial charge in [-0.3, -0.25) is 0 Å². The molecule has 0 aliphatic rings. The Morgan fingerprint density at radius 3 is 3.12 bits per heavy atom. The van der Waals surface area contributed by atoms with Crippen LogP contribution in [0.2, 0.25) is 0 Å². The van der Waals surface area contributed by atoms with Crippen LogP contribution in [0.4, 0.5) is 5.82 Å². The van der Waals surface area contributed by atoms with Crippen molar-refractivity contribution in [2.24, 2.45) is 0 Å². The minimum Gasteiger partial charge on any atom is -0.362 e. The fourth-order valence-electron chi connectivity index (χ4n) is 1.31. The minimum atomic E-state index is 0.465. The Labute approximate surface area is 92.7 Å². The van der Waals surface area contributed by atoms with Crippen LogP contribution in [0.5, 0.6) is 0 Å². The van der Waals surface area contributed by atoms with Gasteiger partial charge < -0.3 is 9.84 Å². The molecule has 0 radical (unpaired) electrons. The van der Waals surface area contributed by atoms with Gasteiger partial charge in [0.1, 0.15) is 11.9 Å². The number of pyridine rings is 1. The standard InChI is InChI=1S/C11H10N4O/c1-8-5-10(16-15-8)7-14-11-9(6-12)3-2-4-13-11/h2-5H,7H2,1H3,(H,13,14). The Kier molecular flexibility index (Phi) is 2.83. The first-order valence-corrected chi connectivity index (χ1v) is 4.81. The summed E-state index contributed by atoms with van der Waals surface area (Å²) in [5.74, 6) is 1.27. The maximum Gasteiger partial charge on any atom is 0.156 e. The number of nitrogens with zero attached hydrogens (tertiary/aromatic N) is 3. The first-order chi connectivity index (χ1) is 7.79. The maximum absolute atomic E-state index is 8.85. The van der Waals surface area contributed by atoms with Crippen molar-refractivity contribution in [2.45, 2.75) is 13.5 Å². The van der Waals surface area contributed by atoms with Crippen LogP contribution in [0.15, 0.2) is 28.9 Å². The molecule has 0 saturated carbocycles. The van der Waals surface area contributed by atoms with Crippen LogP contribution in [0.1, 0.15) is 17.0 Å². The lowest BCUT2D eigenvalue weighted by Crippen LogP contribution is -2.02. The van der Waals surface area contributed by atoms with Crippen LogP contribution in [-0.4, -0.2) is 10.1 Å². The molecule has 5 nitrogen and oxygen atoms in total. The molecule has 16 heavy (non-hydrogen) atoms. The highest BCUT2D eigenvalue weighted by Crippen LogP contribution is 2.11. The van der Waals surface area contributed by atoms with E-state index in [0.717, 1.165) is 5.69 Å². The number of aryl methyl sites for hydroxylation is 1. The lowest BCUT2D eigenvalue weighted by Gasteiger charge is -2.03. The SMILES string of the molecule is Cc1cc(CNc2ncccc2C#N)on1. The van der Waals surface area contributed by atoms with E-state index in [1.165, 1.54) is 0 Å². The smallest absolute Gasteiger partial charge is 0.156 e. The van der Waals surface area contributed by atoms with Crippen molar-refractivity contribution in [3.8, 4) is 6.07 Å². The number of nitriles is 1. The van der Waals surface area contributed by atoms with Gasteiger partial charge in [0.15, 0.2) is 5.76 Å². The van der Waals surface area contributed by atoms with Gasteiger partial charge >= 0.3 is 0 Å². The summed E-state index contributed by atoms with van der Waals surface area (Å²) in [5.41, 5.74) is 1.34. The van der Waals surface area contributed by atoms with Crippen molar-refractivity contribution in [1.29, 1.82) is 5.26 Å². The fourth-order valence-corrected chi connectivity index (χ4v) is 1.31. The number of hydrogen-bond acceptors (Lipinski definition) is 5. The monoisotopic (exact) mass is 214 g/mol. The van der Waals surface area contributed by atoms with Crippen LogP contribution < -0.4 is 5.32 Å². The highest BCUT2D eigenvalue weighted by Gasteiger charge is 2.04. The molecular formula is C11H10N4O. The van der Waals surface area contributed by atoms with Gasteiger partial charge in [0, 0.05) is 12.3 Å². The molecule has 2 aromatic heterocycles. The van der Waals surface area contributed by atoms with E-state index in [1.807, 2.05) is 13.0 Å². The second-order valence-electron chi connectivity index (χ2n) is 3.30. The van der Waals surface area contributed by atoms with Crippen molar-refractivity contribution < 1.29 is 4.52 Å². The van der Waals surface area contributed by atoms with E-state index < -0.39 is 0 Å². The summed E-state index contributed by atoms with van der Waals surface area (Å²) in [7, 11) is 0. The molecular weight excluding hydrogens is 204 g/mol. The molecule has 0 bridgehead atoms. The van der Waals surface area contributed by atoms with E-state index >= 15 is 0 Å². The Morgan fingerprint density at radius 2 is 2.44 bits per heavy atom. The van der Waals surface area contributed by atoms with Crippen LogP contribution in [-0.2, 0) is 6.54 Å². The van der Waals surface area contributed by atoms with E-state index in [4.69, 9.17) is 9.78 Å². The fraction of sp³-hybridized carbons (Fsp3) is 0.182. The van der Waals surface area contributed by atoms with E-state index in [1.54, 1.807) is 18.3 Å². The molecule has 80 valence electrons. The van der Waals surface area contributed by atoms with Crippen LogP contribution in [0, 0.1) is 18.3 Å². The predicted molar refractivity (Wildman–Crippen MR) is 57.5 cm³/mol. The summed E-state index contributed by atoms with van der Waals surface area (Å²) in [6.45, 7) is 2.32. The molecule has 0 aliphatic heterocycles. The molecule has 2 rings (SSSR count). The largest absolute Gasteiger partial charge is 0.362 e. The first-order valence-electron chi connectivity index (χ1n) is 4.81. The van der Waals surface area contributed by atoms with Crippen LogP contribution in [0.3, 0.4) is 0 Å². The third kappa shape index (κ3) is 2.17. The lowest BCUT2D eigenvalue weighted by molar-refractivity contribution is 0.384. The molecule has 0 spiro atoms. The zero-order valence-corrected chi connectivity index (χ0v) is 8.77. The first kappa shape index (κ1) is 10.2. The second kappa shape index (κ2) is 4.45. The quantitative estimate of drug-likeness (QED) is 0.844. The molecule has 0 aromatic carbocycles. The molecule has 0 fully saturated rings. The topological polar surface area (TPSA) is 74.7 Å². The van der Waals surface area contributed by atoms with Crippen molar-refractivity contribution in [1.82, 2.24) is 10.1 Å². The molecule has 0 saturated heterocycles. The Morgan fingerprint density at radius 1 is 1.56 bits per heavy atom. The zero-order chi connectivity index (χ0) is 11.4. The molecule has 1 N–H and O–H groups in total. The average Bonchev–Trinajstić information content (AvgIpc) is 2.73. The predicted octanol–water partition coefficient (Wildman–Crippen LogP) is 1.86. The van der Waals surface area contributed by atoms with Crippen molar-refractivity contribution in [3.63, 3.8) is 0 Å². The van der Waals surface area contributed by atoms with Gasteiger partial charge in [-0.1, -0.05) is 5.16 Å².